The van der Waals surface area contributed by atoms with Gasteiger partial charge in [0.05, 0.1) is 29.3 Å². The van der Waals surface area contributed by atoms with Crippen molar-refractivity contribution in [2.75, 3.05) is 13.2 Å². The van der Waals surface area contributed by atoms with E-state index in [9.17, 15) is 9.59 Å². The monoisotopic (exact) mass is 489 g/mol. The highest BCUT2D eigenvalue weighted by molar-refractivity contribution is 9.10. The molecule has 0 spiro atoms. The standard InChI is InChI=1S/C22H24BrN3O5/c1-3-29-19(27)14-30-18-10-9-17-11-24-26(21(17)20(18)23)12-15(2)25-22(28)31-13-16-7-5-4-6-8-16/h4-11,15H,3,12-14H2,1-2H3,(H,25,28)/t15-/m0/s1. The highest BCUT2D eigenvalue weighted by Crippen LogP contribution is 2.33. The van der Waals surface area contributed by atoms with Crippen molar-refractivity contribution in [1.29, 1.82) is 0 Å². The molecule has 0 aliphatic rings. The second-order valence-corrected chi connectivity index (χ2v) is 7.64. The highest BCUT2D eigenvalue weighted by Gasteiger charge is 2.16. The Bertz CT molecular complexity index is 1040. The van der Waals surface area contributed by atoms with Gasteiger partial charge in [0.25, 0.3) is 0 Å². The lowest BCUT2D eigenvalue weighted by Gasteiger charge is -2.16. The van der Waals surface area contributed by atoms with Crippen LogP contribution in [-0.2, 0) is 27.4 Å². The first kappa shape index (κ1) is 22.6. The van der Waals surface area contributed by atoms with Crippen molar-refractivity contribution < 1.29 is 23.8 Å². The van der Waals surface area contributed by atoms with Crippen LogP contribution in [0, 0.1) is 0 Å². The van der Waals surface area contributed by atoms with Gasteiger partial charge in [-0.1, -0.05) is 30.3 Å². The number of carbonyl (C=O) groups excluding carboxylic acids is 2. The van der Waals surface area contributed by atoms with Gasteiger partial charge in [0.15, 0.2) is 6.61 Å². The molecule has 1 N–H and O–H groups in total. The van der Waals surface area contributed by atoms with Crippen molar-refractivity contribution in [3.63, 3.8) is 0 Å². The van der Waals surface area contributed by atoms with E-state index in [4.69, 9.17) is 14.2 Å². The van der Waals surface area contributed by atoms with Gasteiger partial charge in [0.1, 0.15) is 12.4 Å². The van der Waals surface area contributed by atoms with Crippen LogP contribution in [0.15, 0.2) is 53.1 Å². The van der Waals surface area contributed by atoms with Gasteiger partial charge in [-0.25, -0.2) is 9.59 Å². The number of amides is 1. The minimum atomic E-state index is -0.495. The third kappa shape index (κ3) is 6.21. The number of hydrogen-bond donors (Lipinski definition) is 1. The summed E-state index contributed by atoms with van der Waals surface area (Å²) in [6, 6.07) is 12.9. The van der Waals surface area contributed by atoms with E-state index < -0.39 is 12.1 Å². The molecule has 3 rings (SSSR count). The number of fused-ring (bicyclic) bond motifs is 1. The van der Waals surface area contributed by atoms with Gasteiger partial charge in [-0.3, -0.25) is 4.68 Å². The summed E-state index contributed by atoms with van der Waals surface area (Å²) in [7, 11) is 0. The number of nitrogens with zero attached hydrogens (tertiary/aromatic N) is 2. The molecule has 1 heterocycles. The van der Waals surface area contributed by atoms with Crippen molar-refractivity contribution in [2.45, 2.75) is 33.0 Å². The molecule has 9 heteroatoms. The molecule has 0 aliphatic heterocycles. The Labute approximate surface area is 188 Å². The summed E-state index contributed by atoms with van der Waals surface area (Å²) < 4.78 is 18.2. The summed E-state index contributed by atoms with van der Waals surface area (Å²) in [5.74, 6) is 0.0695. The number of rotatable bonds is 9. The zero-order valence-corrected chi connectivity index (χ0v) is 18.9. The summed E-state index contributed by atoms with van der Waals surface area (Å²) >= 11 is 3.54. The SMILES string of the molecule is CCOC(=O)COc1ccc2cnn(C[C@H](C)NC(=O)OCc3ccccc3)c2c1Br. The van der Waals surface area contributed by atoms with E-state index in [-0.39, 0.29) is 19.3 Å². The van der Waals surface area contributed by atoms with Gasteiger partial charge in [0, 0.05) is 11.4 Å². The number of ether oxygens (including phenoxy) is 3. The summed E-state index contributed by atoms with van der Waals surface area (Å²) in [4.78, 5) is 23.7. The number of benzene rings is 2. The molecular formula is C22H24BrN3O5. The molecule has 0 fully saturated rings. The van der Waals surface area contributed by atoms with E-state index in [1.807, 2.05) is 43.3 Å². The lowest BCUT2D eigenvalue weighted by Crippen LogP contribution is -2.36. The third-order valence-corrected chi connectivity index (χ3v) is 5.15. The van der Waals surface area contributed by atoms with Crippen LogP contribution in [0.25, 0.3) is 10.9 Å². The fourth-order valence-electron chi connectivity index (χ4n) is 2.98. The molecule has 0 bridgehead atoms. The number of alkyl carbamates (subject to hydrolysis) is 1. The average Bonchev–Trinajstić information content (AvgIpc) is 3.16. The summed E-state index contributed by atoms with van der Waals surface area (Å²) in [6.07, 6.45) is 1.24. The lowest BCUT2D eigenvalue weighted by atomic mass is 10.2. The third-order valence-electron chi connectivity index (χ3n) is 4.38. The Morgan fingerprint density at radius 1 is 1.16 bits per heavy atom. The molecule has 0 saturated carbocycles. The number of esters is 1. The molecule has 2 aromatic carbocycles. The zero-order valence-electron chi connectivity index (χ0n) is 17.3. The van der Waals surface area contributed by atoms with Gasteiger partial charge in [-0.05, 0) is 47.5 Å². The van der Waals surface area contributed by atoms with Gasteiger partial charge in [-0.15, -0.1) is 0 Å². The minimum Gasteiger partial charge on any atom is -0.481 e. The summed E-state index contributed by atoms with van der Waals surface area (Å²) in [6.45, 7) is 4.35. The molecule has 0 unspecified atom stereocenters. The number of aromatic nitrogens is 2. The zero-order chi connectivity index (χ0) is 22.2. The van der Waals surface area contributed by atoms with Crippen molar-refractivity contribution in [2.24, 2.45) is 0 Å². The maximum atomic E-state index is 12.1. The Morgan fingerprint density at radius 3 is 2.68 bits per heavy atom. The van der Waals surface area contributed by atoms with Crippen LogP contribution in [0.1, 0.15) is 19.4 Å². The van der Waals surface area contributed by atoms with E-state index in [1.54, 1.807) is 23.9 Å². The van der Waals surface area contributed by atoms with Crippen LogP contribution in [0.3, 0.4) is 0 Å². The highest BCUT2D eigenvalue weighted by atomic mass is 79.9. The Morgan fingerprint density at radius 2 is 1.94 bits per heavy atom. The van der Waals surface area contributed by atoms with Crippen LogP contribution in [0.5, 0.6) is 5.75 Å². The fraction of sp³-hybridized carbons (Fsp3) is 0.318. The molecule has 0 saturated heterocycles. The van der Waals surface area contributed by atoms with Crippen LogP contribution in [-0.4, -0.2) is 41.1 Å². The normalized spacial score (nSPS) is 11.7. The largest absolute Gasteiger partial charge is 0.481 e. The predicted octanol–water partition coefficient (Wildman–Crippen LogP) is 4.06. The molecule has 8 nitrogen and oxygen atoms in total. The average molecular weight is 490 g/mol. The molecule has 164 valence electrons. The molecule has 1 aromatic heterocycles. The van der Waals surface area contributed by atoms with Gasteiger partial charge >= 0.3 is 12.1 Å². The Kier molecular flexibility index (Phi) is 7.88. The van der Waals surface area contributed by atoms with Crippen LogP contribution < -0.4 is 10.1 Å². The maximum absolute atomic E-state index is 12.1. The lowest BCUT2D eigenvalue weighted by molar-refractivity contribution is -0.145. The van der Waals surface area contributed by atoms with Gasteiger partial charge < -0.3 is 19.5 Å². The van der Waals surface area contributed by atoms with Crippen molar-refractivity contribution >= 4 is 38.9 Å². The summed E-state index contributed by atoms with van der Waals surface area (Å²) in [5, 5.41) is 8.12. The molecule has 3 aromatic rings. The van der Waals surface area contributed by atoms with E-state index >= 15 is 0 Å². The molecule has 0 aliphatic carbocycles. The number of halogens is 1. The van der Waals surface area contributed by atoms with E-state index in [2.05, 4.69) is 26.3 Å². The molecule has 1 amide bonds. The Hall–Kier alpha value is -3.07. The molecule has 1 atom stereocenters. The van der Waals surface area contributed by atoms with Crippen LogP contribution in [0.2, 0.25) is 0 Å². The molecule has 31 heavy (non-hydrogen) atoms. The Balaban J connectivity index is 1.61. The first-order valence-electron chi connectivity index (χ1n) is 9.87. The topological polar surface area (TPSA) is 91.7 Å². The van der Waals surface area contributed by atoms with Crippen molar-refractivity contribution in [3.8, 4) is 5.75 Å². The second-order valence-electron chi connectivity index (χ2n) is 6.84. The number of hydrogen-bond acceptors (Lipinski definition) is 6. The van der Waals surface area contributed by atoms with E-state index in [0.717, 1.165) is 16.5 Å². The quantitative estimate of drug-likeness (QED) is 0.455. The minimum absolute atomic E-state index is 0.183. The van der Waals surface area contributed by atoms with Gasteiger partial charge in [0.2, 0.25) is 0 Å². The second kappa shape index (κ2) is 10.8. The van der Waals surface area contributed by atoms with E-state index in [0.29, 0.717) is 23.4 Å². The maximum Gasteiger partial charge on any atom is 0.407 e. The first-order chi connectivity index (χ1) is 15.0. The molecule has 0 radical (unpaired) electrons. The number of nitrogens with one attached hydrogen (secondary N) is 1. The van der Waals surface area contributed by atoms with Crippen molar-refractivity contribution in [1.82, 2.24) is 15.1 Å². The predicted molar refractivity (Wildman–Crippen MR) is 119 cm³/mol. The van der Waals surface area contributed by atoms with E-state index in [1.165, 1.54) is 0 Å². The van der Waals surface area contributed by atoms with Crippen LogP contribution in [0.4, 0.5) is 4.79 Å². The smallest absolute Gasteiger partial charge is 0.407 e. The summed E-state index contributed by atoms with van der Waals surface area (Å²) in [5.41, 5.74) is 1.72. The first-order valence-corrected chi connectivity index (χ1v) is 10.7. The number of carbonyl (C=O) groups is 2. The van der Waals surface area contributed by atoms with Gasteiger partial charge in [-0.2, -0.15) is 5.10 Å². The van der Waals surface area contributed by atoms with Crippen LogP contribution >= 0.6 is 15.9 Å². The fourth-order valence-corrected chi connectivity index (χ4v) is 3.66. The van der Waals surface area contributed by atoms with Crippen molar-refractivity contribution in [3.05, 3.63) is 58.7 Å². The molecular weight excluding hydrogens is 466 g/mol.